The van der Waals surface area contributed by atoms with Gasteiger partial charge in [-0.25, -0.2) is 0 Å². The Bertz CT molecular complexity index is 177. The maximum absolute atomic E-state index is 3.44. The van der Waals surface area contributed by atoms with E-state index in [1.807, 2.05) is 0 Å². The fourth-order valence-electron chi connectivity index (χ4n) is 3.07. The molecule has 1 unspecified atom stereocenters. The minimum atomic E-state index is 0.999. The molecule has 1 aliphatic carbocycles. The van der Waals surface area contributed by atoms with Crippen molar-refractivity contribution in [3.63, 3.8) is 0 Å². The third-order valence-corrected chi connectivity index (χ3v) is 4.03. The first-order valence-corrected chi connectivity index (χ1v) is 5.85. The molecule has 0 aromatic heterocycles. The molecule has 0 aromatic rings. The Hall–Kier alpha value is -0.0800. The number of hydrogen-bond acceptors (Lipinski definition) is 2. The van der Waals surface area contributed by atoms with Crippen LogP contribution in [0.15, 0.2) is 0 Å². The summed E-state index contributed by atoms with van der Waals surface area (Å²) in [4.78, 5) is 2.72. The molecule has 3 aliphatic rings. The van der Waals surface area contributed by atoms with Gasteiger partial charge in [-0.2, -0.15) is 0 Å². The molecule has 2 heteroatoms. The van der Waals surface area contributed by atoms with Crippen molar-refractivity contribution in [2.24, 2.45) is 17.8 Å². The first-order valence-electron chi connectivity index (χ1n) is 5.85. The van der Waals surface area contributed by atoms with Crippen molar-refractivity contribution in [3.8, 4) is 0 Å². The molecular formula is C11H20N2. The van der Waals surface area contributed by atoms with Crippen molar-refractivity contribution < 1.29 is 0 Å². The van der Waals surface area contributed by atoms with Gasteiger partial charge in [-0.15, -0.1) is 0 Å². The van der Waals surface area contributed by atoms with Crippen LogP contribution >= 0.6 is 0 Å². The van der Waals surface area contributed by atoms with Crippen molar-refractivity contribution in [1.82, 2.24) is 10.2 Å². The largest absolute Gasteiger partial charge is 0.317 e. The Morgan fingerprint density at radius 1 is 1.08 bits per heavy atom. The average Bonchev–Trinajstić information content (AvgIpc) is 2.76. The Labute approximate surface area is 80.7 Å². The summed E-state index contributed by atoms with van der Waals surface area (Å²) in [6, 6.07) is 0. The van der Waals surface area contributed by atoms with Crippen LogP contribution in [0.3, 0.4) is 0 Å². The van der Waals surface area contributed by atoms with E-state index in [9.17, 15) is 0 Å². The van der Waals surface area contributed by atoms with Crippen LogP contribution in [0.5, 0.6) is 0 Å². The molecule has 2 nitrogen and oxygen atoms in total. The van der Waals surface area contributed by atoms with E-state index < -0.39 is 0 Å². The molecule has 0 radical (unpaired) electrons. The molecule has 0 bridgehead atoms. The van der Waals surface area contributed by atoms with Gasteiger partial charge in [0.2, 0.25) is 0 Å². The van der Waals surface area contributed by atoms with Gasteiger partial charge < -0.3 is 10.2 Å². The SMILES string of the molecule is C1CC(CN2CC3C[C@@H]3C2)CCN1. The second-order valence-electron chi connectivity index (χ2n) is 5.17. The molecule has 2 atom stereocenters. The third kappa shape index (κ3) is 1.75. The molecular weight excluding hydrogens is 160 g/mol. The van der Waals surface area contributed by atoms with Gasteiger partial charge in [0.15, 0.2) is 0 Å². The molecule has 3 fully saturated rings. The van der Waals surface area contributed by atoms with Crippen molar-refractivity contribution >= 4 is 0 Å². The van der Waals surface area contributed by atoms with Gasteiger partial charge in [-0.3, -0.25) is 0 Å². The Balaban J connectivity index is 1.46. The van der Waals surface area contributed by atoms with E-state index in [0.717, 1.165) is 17.8 Å². The number of nitrogens with zero attached hydrogens (tertiary/aromatic N) is 1. The molecule has 1 N–H and O–H groups in total. The molecule has 0 spiro atoms. The van der Waals surface area contributed by atoms with Crippen LogP contribution < -0.4 is 5.32 Å². The van der Waals surface area contributed by atoms with Gasteiger partial charge in [-0.05, 0) is 50.1 Å². The molecule has 13 heavy (non-hydrogen) atoms. The van der Waals surface area contributed by atoms with Crippen molar-refractivity contribution in [2.45, 2.75) is 19.3 Å². The first kappa shape index (κ1) is 8.25. The van der Waals surface area contributed by atoms with E-state index in [0.29, 0.717) is 0 Å². The minimum absolute atomic E-state index is 0.999. The van der Waals surface area contributed by atoms with Gasteiger partial charge in [0.05, 0.1) is 0 Å². The van der Waals surface area contributed by atoms with Gasteiger partial charge in [0.25, 0.3) is 0 Å². The van der Waals surface area contributed by atoms with Crippen molar-refractivity contribution in [3.05, 3.63) is 0 Å². The molecule has 3 rings (SSSR count). The highest BCUT2D eigenvalue weighted by molar-refractivity contribution is 4.97. The smallest absolute Gasteiger partial charge is 0.00131 e. The molecule has 2 saturated heterocycles. The summed E-state index contributed by atoms with van der Waals surface area (Å²) in [5.74, 6) is 3.22. The lowest BCUT2D eigenvalue weighted by Gasteiger charge is -2.28. The summed E-state index contributed by atoms with van der Waals surface area (Å²) in [5.41, 5.74) is 0. The molecule has 0 aromatic carbocycles. The second-order valence-corrected chi connectivity index (χ2v) is 5.17. The zero-order chi connectivity index (χ0) is 8.67. The van der Waals surface area contributed by atoms with Crippen molar-refractivity contribution in [2.75, 3.05) is 32.7 Å². The summed E-state index contributed by atoms with van der Waals surface area (Å²) in [6.07, 6.45) is 4.36. The second kappa shape index (κ2) is 3.25. The lowest BCUT2D eigenvalue weighted by Crippen LogP contribution is -2.35. The Morgan fingerprint density at radius 3 is 2.46 bits per heavy atom. The Kier molecular flexibility index (Phi) is 2.06. The highest BCUT2D eigenvalue weighted by atomic mass is 15.2. The highest BCUT2D eigenvalue weighted by Gasteiger charge is 2.45. The van der Waals surface area contributed by atoms with E-state index in [1.54, 1.807) is 6.42 Å². The minimum Gasteiger partial charge on any atom is -0.317 e. The van der Waals surface area contributed by atoms with Crippen LogP contribution in [0.4, 0.5) is 0 Å². The number of hydrogen-bond donors (Lipinski definition) is 1. The lowest BCUT2D eigenvalue weighted by molar-refractivity contribution is 0.224. The standard InChI is InChI=1S/C11H20N2/c1-3-12-4-2-9(1)6-13-7-10-5-11(10)8-13/h9-12H,1-8H2/t10-,11?/m1/s1. The van der Waals surface area contributed by atoms with E-state index in [4.69, 9.17) is 0 Å². The number of piperidine rings is 2. The summed E-state index contributed by atoms with van der Waals surface area (Å²) < 4.78 is 0. The molecule has 74 valence electrons. The van der Waals surface area contributed by atoms with Gasteiger partial charge in [0, 0.05) is 19.6 Å². The van der Waals surface area contributed by atoms with Gasteiger partial charge in [0.1, 0.15) is 0 Å². The molecule has 0 amide bonds. The predicted octanol–water partition coefficient (Wildman–Crippen LogP) is 0.938. The monoisotopic (exact) mass is 180 g/mol. The van der Waals surface area contributed by atoms with Crippen LogP contribution in [0.25, 0.3) is 0 Å². The average molecular weight is 180 g/mol. The normalized spacial score (nSPS) is 40.6. The van der Waals surface area contributed by atoms with Gasteiger partial charge in [-0.1, -0.05) is 0 Å². The number of rotatable bonds is 2. The Morgan fingerprint density at radius 2 is 1.77 bits per heavy atom. The summed E-state index contributed by atoms with van der Waals surface area (Å²) >= 11 is 0. The summed E-state index contributed by atoms with van der Waals surface area (Å²) in [5, 5.41) is 3.44. The fraction of sp³-hybridized carbons (Fsp3) is 1.00. The predicted molar refractivity (Wildman–Crippen MR) is 53.6 cm³/mol. The van der Waals surface area contributed by atoms with Crippen LogP contribution in [0.2, 0.25) is 0 Å². The highest BCUT2D eigenvalue weighted by Crippen LogP contribution is 2.45. The zero-order valence-electron chi connectivity index (χ0n) is 8.34. The zero-order valence-corrected chi connectivity index (χ0v) is 8.34. The van der Waals surface area contributed by atoms with E-state index in [1.165, 1.54) is 45.6 Å². The van der Waals surface area contributed by atoms with Crippen LogP contribution in [-0.2, 0) is 0 Å². The third-order valence-electron chi connectivity index (χ3n) is 4.03. The quantitative estimate of drug-likeness (QED) is 0.680. The number of fused-ring (bicyclic) bond motifs is 1. The molecule has 2 aliphatic heterocycles. The summed E-state index contributed by atoms with van der Waals surface area (Å²) in [6.45, 7) is 6.76. The molecule has 1 saturated carbocycles. The summed E-state index contributed by atoms with van der Waals surface area (Å²) in [7, 11) is 0. The van der Waals surface area contributed by atoms with Crippen LogP contribution in [0.1, 0.15) is 19.3 Å². The van der Waals surface area contributed by atoms with Crippen LogP contribution in [-0.4, -0.2) is 37.6 Å². The topological polar surface area (TPSA) is 15.3 Å². The van der Waals surface area contributed by atoms with E-state index in [2.05, 4.69) is 10.2 Å². The van der Waals surface area contributed by atoms with Crippen molar-refractivity contribution in [1.29, 1.82) is 0 Å². The fourth-order valence-corrected chi connectivity index (χ4v) is 3.07. The maximum Gasteiger partial charge on any atom is 0.00131 e. The van der Waals surface area contributed by atoms with E-state index in [-0.39, 0.29) is 0 Å². The first-order chi connectivity index (χ1) is 6.42. The molecule has 2 heterocycles. The number of nitrogens with one attached hydrogen (secondary N) is 1. The number of likely N-dealkylation sites (tertiary alicyclic amines) is 1. The maximum atomic E-state index is 3.44. The van der Waals surface area contributed by atoms with E-state index >= 15 is 0 Å². The lowest BCUT2D eigenvalue weighted by atomic mass is 9.97. The van der Waals surface area contributed by atoms with Gasteiger partial charge >= 0.3 is 0 Å². The van der Waals surface area contributed by atoms with Crippen LogP contribution in [0, 0.1) is 17.8 Å².